The van der Waals surface area contributed by atoms with Gasteiger partial charge in [0.05, 0.1) is 24.6 Å². The Balaban J connectivity index is 2.34. The highest BCUT2D eigenvalue weighted by Crippen LogP contribution is 2.06. The lowest BCUT2D eigenvalue weighted by molar-refractivity contribution is 0.0727. The number of nitrogens with two attached hydrogens (primary N) is 1. The summed E-state index contributed by atoms with van der Waals surface area (Å²) >= 11 is 0. The van der Waals surface area contributed by atoms with E-state index in [0.29, 0.717) is 19.0 Å². The van der Waals surface area contributed by atoms with E-state index in [2.05, 4.69) is 10.3 Å². The lowest BCUT2D eigenvalue weighted by Crippen LogP contribution is -2.24. The first-order valence-electron chi connectivity index (χ1n) is 4.35. The summed E-state index contributed by atoms with van der Waals surface area (Å²) in [5, 5.41) is 12.3. The Labute approximate surface area is 82.9 Å². The fourth-order valence-electron chi connectivity index (χ4n) is 0.997. The summed E-state index contributed by atoms with van der Waals surface area (Å²) < 4.78 is 4.79. The summed E-state index contributed by atoms with van der Waals surface area (Å²) in [6.45, 7) is 0.745. The van der Waals surface area contributed by atoms with Gasteiger partial charge in [0, 0.05) is 13.7 Å². The van der Waals surface area contributed by atoms with E-state index < -0.39 is 6.10 Å². The van der Waals surface area contributed by atoms with Crippen LogP contribution in [0.25, 0.3) is 0 Å². The summed E-state index contributed by atoms with van der Waals surface area (Å²) in [6.07, 6.45) is 1.10. The van der Waals surface area contributed by atoms with Crippen LogP contribution in [0.4, 0.5) is 11.5 Å². The molecule has 1 aromatic heterocycles. The Bertz CT molecular complexity index is 263. The molecule has 0 aliphatic heterocycles. The molecule has 0 bridgehead atoms. The van der Waals surface area contributed by atoms with Crippen LogP contribution in [0.3, 0.4) is 0 Å². The van der Waals surface area contributed by atoms with Gasteiger partial charge in [-0.3, -0.25) is 0 Å². The van der Waals surface area contributed by atoms with Gasteiger partial charge in [-0.1, -0.05) is 0 Å². The number of pyridine rings is 1. The van der Waals surface area contributed by atoms with E-state index in [9.17, 15) is 5.11 Å². The van der Waals surface area contributed by atoms with E-state index in [1.807, 2.05) is 6.07 Å². The molecule has 0 saturated heterocycles. The van der Waals surface area contributed by atoms with Gasteiger partial charge in [-0.25, -0.2) is 4.98 Å². The molecule has 1 unspecified atom stereocenters. The van der Waals surface area contributed by atoms with Crippen molar-refractivity contribution < 1.29 is 9.84 Å². The fraction of sp³-hybridized carbons (Fsp3) is 0.444. The SMILES string of the molecule is COCC(O)CNc1ccc(N)nc1. The standard InChI is InChI=1S/C9H15N3O2/c1-14-6-8(13)5-11-7-2-3-9(10)12-4-7/h2-4,8,11,13H,5-6H2,1H3,(H2,10,12). The zero-order chi connectivity index (χ0) is 10.4. The molecule has 0 fully saturated rings. The topological polar surface area (TPSA) is 80.4 Å². The van der Waals surface area contributed by atoms with Crippen molar-refractivity contribution in [3.8, 4) is 0 Å². The first-order chi connectivity index (χ1) is 6.72. The van der Waals surface area contributed by atoms with Gasteiger partial charge in [0.2, 0.25) is 0 Å². The normalized spacial score (nSPS) is 12.4. The highest BCUT2D eigenvalue weighted by atomic mass is 16.5. The van der Waals surface area contributed by atoms with E-state index in [-0.39, 0.29) is 0 Å². The number of nitrogens with one attached hydrogen (secondary N) is 1. The Kier molecular flexibility index (Phi) is 4.15. The highest BCUT2D eigenvalue weighted by molar-refractivity contribution is 5.45. The minimum absolute atomic E-state index is 0.315. The summed E-state index contributed by atoms with van der Waals surface area (Å²) in [5.41, 5.74) is 6.25. The smallest absolute Gasteiger partial charge is 0.123 e. The maximum Gasteiger partial charge on any atom is 0.123 e. The average molecular weight is 197 g/mol. The number of rotatable bonds is 5. The lowest BCUT2D eigenvalue weighted by atomic mass is 10.3. The maximum atomic E-state index is 9.33. The average Bonchev–Trinajstić information content (AvgIpc) is 2.17. The van der Waals surface area contributed by atoms with Crippen molar-refractivity contribution in [2.24, 2.45) is 0 Å². The molecule has 1 atom stereocenters. The van der Waals surface area contributed by atoms with Gasteiger partial charge < -0.3 is 20.9 Å². The van der Waals surface area contributed by atoms with Crippen LogP contribution in [0.1, 0.15) is 0 Å². The molecule has 4 N–H and O–H groups in total. The molecule has 0 saturated carbocycles. The molecule has 0 radical (unpaired) electrons. The molecule has 0 aliphatic rings. The number of anilines is 2. The van der Waals surface area contributed by atoms with Crippen molar-refractivity contribution in [1.29, 1.82) is 0 Å². The lowest BCUT2D eigenvalue weighted by Gasteiger charge is -2.11. The van der Waals surface area contributed by atoms with Crippen molar-refractivity contribution in [2.45, 2.75) is 6.10 Å². The second kappa shape index (κ2) is 5.41. The predicted octanol–water partition coefficient (Wildman–Crippen LogP) is 0.0830. The third-order valence-electron chi connectivity index (χ3n) is 1.69. The van der Waals surface area contributed by atoms with E-state index in [1.165, 1.54) is 0 Å². The number of methoxy groups -OCH3 is 1. The van der Waals surface area contributed by atoms with Crippen LogP contribution in [0.5, 0.6) is 0 Å². The van der Waals surface area contributed by atoms with Crippen LogP contribution in [-0.4, -0.2) is 36.5 Å². The fourth-order valence-corrected chi connectivity index (χ4v) is 0.997. The number of nitrogens with zero attached hydrogens (tertiary/aromatic N) is 1. The molecule has 1 heterocycles. The molecule has 5 heteroatoms. The molecule has 78 valence electrons. The van der Waals surface area contributed by atoms with Crippen LogP contribution in [-0.2, 0) is 4.74 Å². The van der Waals surface area contributed by atoms with E-state index in [0.717, 1.165) is 5.69 Å². The molecule has 0 amide bonds. The van der Waals surface area contributed by atoms with Crippen LogP contribution in [0.15, 0.2) is 18.3 Å². The molecule has 0 aliphatic carbocycles. The van der Waals surface area contributed by atoms with Gasteiger partial charge in [0.15, 0.2) is 0 Å². The number of nitrogen functional groups attached to an aromatic ring is 1. The first-order valence-corrected chi connectivity index (χ1v) is 4.35. The Hall–Kier alpha value is -1.33. The quantitative estimate of drug-likeness (QED) is 0.623. The zero-order valence-corrected chi connectivity index (χ0v) is 8.10. The minimum Gasteiger partial charge on any atom is -0.389 e. The van der Waals surface area contributed by atoms with Crippen molar-refractivity contribution in [2.75, 3.05) is 31.3 Å². The number of ether oxygens (including phenoxy) is 1. The van der Waals surface area contributed by atoms with Crippen molar-refractivity contribution in [3.63, 3.8) is 0 Å². The van der Waals surface area contributed by atoms with Crippen LogP contribution in [0, 0.1) is 0 Å². The van der Waals surface area contributed by atoms with Crippen LogP contribution in [0.2, 0.25) is 0 Å². The van der Waals surface area contributed by atoms with Crippen LogP contribution < -0.4 is 11.1 Å². The van der Waals surface area contributed by atoms with Crippen molar-refractivity contribution >= 4 is 11.5 Å². The van der Waals surface area contributed by atoms with E-state index in [4.69, 9.17) is 10.5 Å². The summed E-state index contributed by atoms with van der Waals surface area (Å²) in [4.78, 5) is 3.91. The minimum atomic E-state index is -0.516. The maximum absolute atomic E-state index is 9.33. The Morgan fingerprint density at radius 2 is 2.43 bits per heavy atom. The van der Waals surface area contributed by atoms with E-state index >= 15 is 0 Å². The molecule has 1 aromatic rings. The third kappa shape index (κ3) is 3.59. The Morgan fingerprint density at radius 3 is 3.00 bits per heavy atom. The van der Waals surface area contributed by atoms with Gasteiger partial charge in [-0.05, 0) is 12.1 Å². The number of aliphatic hydroxyl groups excluding tert-OH is 1. The van der Waals surface area contributed by atoms with Gasteiger partial charge >= 0.3 is 0 Å². The number of aliphatic hydroxyl groups is 1. The molecule has 1 rings (SSSR count). The molecule has 0 aromatic carbocycles. The molecule has 14 heavy (non-hydrogen) atoms. The number of aromatic nitrogens is 1. The van der Waals surface area contributed by atoms with Crippen molar-refractivity contribution in [1.82, 2.24) is 4.98 Å². The van der Waals surface area contributed by atoms with Gasteiger partial charge in [0.25, 0.3) is 0 Å². The first kappa shape index (κ1) is 10.7. The molecular weight excluding hydrogens is 182 g/mol. The van der Waals surface area contributed by atoms with Gasteiger partial charge in [-0.15, -0.1) is 0 Å². The second-order valence-electron chi connectivity index (χ2n) is 2.96. The monoisotopic (exact) mass is 197 g/mol. The Morgan fingerprint density at radius 1 is 1.64 bits per heavy atom. The molecule has 5 nitrogen and oxygen atoms in total. The molecular formula is C9H15N3O2. The second-order valence-corrected chi connectivity index (χ2v) is 2.96. The summed E-state index contributed by atoms with van der Waals surface area (Å²) in [7, 11) is 1.55. The van der Waals surface area contributed by atoms with Crippen molar-refractivity contribution in [3.05, 3.63) is 18.3 Å². The van der Waals surface area contributed by atoms with E-state index in [1.54, 1.807) is 19.4 Å². The van der Waals surface area contributed by atoms with Crippen LogP contribution >= 0.6 is 0 Å². The largest absolute Gasteiger partial charge is 0.389 e. The van der Waals surface area contributed by atoms with Gasteiger partial charge in [-0.2, -0.15) is 0 Å². The number of hydrogen-bond acceptors (Lipinski definition) is 5. The highest BCUT2D eigenvalue weighted by Gasteiger charge is 2.02. The number of hydrogen-bond donors (Lipinski definition) is 3. The summed E-state index contributed by atoms with van der Waals surface area (Å²) in [5.74, 6) is 0.480. The predicted molar refractivity (Wildman–Crippen MR) is 55.0 cm³/mol. The summed E-state index contributed by atoms with van der Waals surface area (Å²) in [6, 6.07) is 3.51. The third-order valence-corrected chi connectivity index (χ3v) is 1.69. The molecule has 0 spiro atoms. The van der Waals surface area contributed by atoms with Gasteiger partial charge in [0.1, 0.15) is 5.82 Å². The zero-order valence-electron chi connectivity index (χ0n) is 8.10.